The number of benzene rings is 1. The van der Waals surface area contributed by atoms with Gasteiger partial charge in [-0.1, -0.05) is 30.8 Å². The summed E-state index contributed by atoms with van der Waals surface area (Å²) in [5, 5.41) is 1.11. The number of aromatic nitrogens is 2. The summed E-state index contributed by atoms with van der Waals surface area (Å²) in [6.07, 6.45) is 0. The van der Waals surface area contributed by atoms with E-state index in [-0.39, 0.29) is 0 Å². The molecule has 0 atom stereocenters. The minimum Gasteiger partial charge on any atom is -0.383 e. The van der Waals surface area contributed by atoms with Crippen LogP contribution in [0, 0.1) is 0 Å². The Labute approximate surface area is 123 Å². The van der Waals surface area contributed by atoms with E-state index in [1.54, 1.807) is 7.11 Å². The molecule has 0 aliphatic rings. The number of thioether (sulfide) groups is 2. The first-order valence-corrected chi connectivity index (χ1v) is 8.65. The molecule has 3 nitrogen and oxygen atoms in total. The number of rotatable bonds is 8. The molecule has 0 fully saturated rings. The van der Waals surface area contributed by atoms with Crippen molar-refractivity contribution in [3.05, 3.63) is 24.3 Å². The zero-order valence-electron chi connectivity index (χ0n) is 11.5. The molecule has 2 aromatic rings. The van der Waals surface area contributed by atoms with E-state index in [0.717, 1.165) is 29.6 Å². The molecule has 5 heteroatoms. The van der Waals surface area contributed by atoms with Crippen LogP contribution in [0.4, 0.5) is 0 Å². The molecular weight excluding hydrogens is 276 g/mol. The van der Waals surface area contributed by atoms with Gasteiger partial charge in [-0.05, 0) is 17.9 Å². The fraction of sp³-hybridized carbons (Fsp3) is 0.500. The molecule has 2 rings (SSSR count). The van der Waals surface area contributed by atoms with E-state index in [4.69, 9.17) is 9.72 Å². The second-order valence-corrected chi connectivity index (χ2v) is 6.53. The highest BCUT2D eigenvalue weighted by molar-refractivity contribution is 8.02. The van der Waals surface area contributed by atoms with Gasteiger partial charge in [-0.15, -0.1) is 0 Å². The fourth-order valence-corrected chi connectivity index (χ4v) is 3.68. The molecule has 0 unspecified atom stereocenters. The molecule has 0 aliphatic carbocycles. The van der Waals surface area contributed by atoms with E-state index in [1.807, 2.05) is 29.6 Å². The Morgan fingerprint density at radius 3 is 2.89 bits per heavy atom. The van der Waals surface area contributed by atoms with Gasteiger partial charge in [-0.2, -0.15) is 11.8 Å². The predicted molar refractivity (Wildman–Crippen MR) is 85.3 cm³/mol. The average molecular weight is 296 g/mol. The maximum Gasteiger partial charge on any atom is 0.169 e. The largest absolute Gasteiger partial charge is 0.383 e. The molecule has 0 spiro atoms. The molecule has 0 saturated carbocycles. The van der Waals surface area contributed by atoms with Gasteiger partial charge in [0, 0.05) is 25.2 Å². The summed E-state index contributed by atoms with van der Waals surface area (Å²) in [5.74, 6) is 3.46. The molecule has 19 heavy (non-hydrogen) atoms. The maximum atomic E-state index is 5.20. The third kappa shape index (κ3) is 3.91. The number of para-hydroxylation sites is 2. The number of hydrogen-bond donors (Lipinski definition) is 0. The van der Waals surface area contributed by atoms with Crippen LogP contribution in [-0.2, 0) is 11.3 Å². The van der Waals surface area contributed by atoms with Crippen LogP contribution < -0.4 is 0 Å². The number of fused-ring (bicyclic) bond motifs is 1. The molecule has 1 aromatic carbocycles. The van der Waals surface area contributed by atoms with E-state index in [1.165, 1.54) is 17.0 Å². The molecule has 0 saturated heterocycles. The Bertz CT molecular complexity index is 513. The van der Waals surface area contributed by atoms with Crippen LogP contribution in [0.25, 0.3) is 11.0 Å². The van der Waals surface area contributed by atoms with Crippen LogP contribution in [-0.4, -0.2) is 40.5 Å². The first kappa shape index (κ1) is 14.8. The second-order valence-electron chi connectivity index (χ2n) is 4.07. The molecule has 0 amide bonds. The summed E-state index contributed by atoms with van der Waals surface area (Å²) in [6.45, 7) is 3.78. The molecular formula is C14H20N2OS2. The first-order chi connectivity index (χ1) is 9.36. The Hall–Kier alpha value is -0.650. The van der Waals surface area contributed by atoms with Crippen molar-refractivity contribution in [3.63, 3.8) is 0 Å². The fourth-order valence-electron chi connectivity index (χ4n) is 1.90. The van der Waals surface area contributed by atoms with Crippen molar-refractivity contribution in [1.82, 2.24) is 9.55 Å². The van der Waals surface area contributed by atoms with Crippen LogP contribution >= 0.6 is 23.5 Å². The highest BCUT2D eigenvalue weighted by atomic mass is 32.2. The third-order valence-corrected chi connectivity index (χ3v) is 4.94. The highest BCUT2D eigenvalue weighted by Crippen LogP contribution is 2.24. The van der Waals surface area contributed by atoms with E-state index in [0.29, 0.717) is 0 Å². The number of imidazole rings is 1. The van der Waals surface area contributed by atoms with Crippen LogP contribution in [0.3, 0.4) is 0 Å². The van der Waals surface area contributed by atoms with Crippen LogP contribution in [0.5, 0.6) is 0 Å². The Morgan fingerprint density at radius 2 is 2.11 bits per heavy atom. The quantitative estimate of drug-likeness (QED) is 0.550. The maximum absolute atomic E-state index is 5.20. The van der Waals surface area contributed by atoms with Gasteiger partial charge < -0.3 is 9.30 Å². The molecule has 0 radical (unpaired) electrons. The van der Waals surface area contributed by atoms with Gasteiger partial charge >= 0.3 is 0 Å². The Kier molecular flexibility index (Phi) is 6.07. The van der Waals surface area contributed by atoms with Gasteiger partial charge in [0.25, 0.3) is 0 Å². The number of nitrogens with zero attached hydrogens (tertiary/aromatic N) is 2. The standard InChI is InChI=1S/C14H20N2OS2/c1-3-18-10-11-19-14-15-12-6-4-5-7-13(12)16(14)8-9-17-2/h4-7H,3,8-11H2,1-2H3. The van der Waals surface area contributed by atoms with Crippen molar-refractivity contribution in [2.24, 2.45) is 0 Å². The molecule has 0 N–H and O–H groups in total. The molecule has 1 heterocycles. The van der Waals surface area contributed by atoms with Gasteiger partial charge in [0.1, 0.15) is 0 Å². The Balaban J connectivity index is 2.15. The van der Waals surface area contributed by atoms with Crippen molar-refractivity contribution < 1.29 is 4.74 Å². The lowest BCUT2D eigenvalue weighted by atomic mass is 10.3. The minimum atomic E-state index is 0.720. The topological polar surface area (TPSA) is 27.1 Å². The van der Waals surface area contributed by atoms with Gasteiger partial charge in [0.15, 0.2) is 5.16 Å². The zero-order valence-corrected chi connectivity index (χ0v) is 13.1. The van der Waals surface area contributed by atoms with Crippen molar-refractivity contribution in [3.8, 4) is 0 Å². The van der Waals surface area contributed by atoms with E-state index in [9.17, 15) is 0 Å². The lowest BCUT2D eigenvalue weighted by Gasteiger charge is -2.07. The number of ether oxygens (including phenoxy) is 1. The number of methoxy groups -OCH3 is 1. The third-order valence-electron chi connectivity index (χ3n) is 2.80. The average Bonchev–Trinajstić information content (AvgIpc) is 2.79. The van der Waals surface area contributed by atoms with E-state index < -0.39 is 0 Å². The number of hydrogen-bond acceptors (Lipinski definition) is 4. The molecule has 0 aliphatic heterocycles. The SMILES string of the molecule is CCSCCSc1nc2ccccc2n1CCOC. The first-order valence-electron chi connectivity index (χ1n) is 6.51. The van der Waals surface area contributed by atoms with Crippen molar-refractivity contribution >= 4 is 34.6 Å². The van der Waals surface area contributed by atoms with Crippen LogP contribution in [0.1, 0.15) is 6.92 Å². The predicted octanol–water partition coefficient (Wildman–Crippen LogP) is 3.53. The van der Waals surface area contributed by atoms with Gasteiger partial charge in [-0.3, -0.25) is 0 Å². The van der Waals surface area contributed by atoms with Gasteiger partial charge in [0.2, 0.25) is 0 Å². The van der Waals surface area contributed by atoms with E-state index in [2.05, 4.69) is 29.7 Å². The molecule has 0 bridgehead atoms. The smallest absolute Gasteiger partial charge is 0.169 e. The zero-order chi connectivity index (χ0) is 13.5. The summed E-state index contributed by atoms with van der Waals surface area (Å²) in [5.41, 5.74) is 2.27. The normalized spacial score (nSPS) is 11.3. The second kappa shape index (κ2) is 7.82. The Morgan fingerprint density at radius 1 is 1.26 bits per heavy atom. The molecule has 1 aromatic heterocycles. The van der Waals surface area contributed by atoms with Crippen LogP contribution in [0.2, 0.25) is 0 Å². The van der Waals surface area contributed by atoms with Gasteiger partial charge in [0.05, 0.1) is 17.6 Å². The summed E-state index contributed by atoms with van der Waals surface area (Å²) < 4.78 is 7.46. The lowest BCUT2D eigenvalue weighted by Crippen LogP contribution is -2.05. The van der Waals surface area contributed by atoms with Crippen molar-refractivity contribution in [1.29, 1.82) is 0 Å². The van der Waals surface area contributed by atoms with Crippen molar-refractivity contribution in [2.45, 2.75) is 18.6 Å². The summed E-state index contributed by atoms with van der Waals surface area (Å²) in [4.78, 5) is 4.72. The van der Waals surface area contributed by atoms with Crippen LogP contribution in [0.15, 0.2) is 29.4 Å². The van der Waals surface area contributed by atoms with E-state index >= 15 is 0 Å². The monoisotopic (exact) mass is 296 g/mol. The summed E-state index contributed by atoms with van der Waals surface area (Å²) in [6, 6.07) is 8.30. The summed E-state index contributed by atoms with van der Waals surface area (Å²) >= 11 is 3.81. The van der Waals surface area contributed by atoms with Gasteiger partial charge in [-0.25, -0.2) is 4.98 Å². The van der Waals surface area contributed by atoms with Crippen molar-refractivity contribution in [2.75, 3.05) is 31.0 Å². The lowest BCUT2D eigenvalue weighted by molar-refractivity contribution is 0.186. The summed E-state index contributed by atoms with van der Waals surface area (Å²) in [7, 11) is 1.74. The highest BCUT2D eigenvalue weighted by Gasteiger charge is 2.10. The minimum absolute atomic E-state index is 0.720. The molecule has 104 valence electrons.